The molecule has 84 valence electrons. The van der Waals surface area contributed by atoms with E-state index in [1.165, 1.54) is 0 Å². The number of cyclic esters (lactones) is 1. The number of hydrogen-bond donors (Lipinski definition) is 1. The molecule has 0 unspecified atom stereocenters. The highest BCUT2D eigenvalue weighted by atomic mass is 127. The molecule has 1 heterocycles. The summed E-state index contributed by atoms with van der Waals surface area (Å²) in [7, 11) is 0. The third-order valence-electron chi connectivity index (χ3n) is 2.50. The van der Waals surface area contributed by atoms with Crippen LogP contribution in [-0.2, 0) is 9.53 Å². The average Bonchev–Trinajstić information content (AvgIpc) is 2.39. The number of rotatable bonds is 1. The third kappa shape index (κ3) is 1.71. The lowest BCUT2D eigenvalue weighted by atomic mass is 10.0. The van der Waals surface area contributed by atoms with Crippen molar-refractivity contribution >= 4 is 34.1 Å². The minimum absolute atomic E-state index is 0.00150. The Morgan fingerprint density at radius 1 is 1.31 bits per heavy atom. The molecule has 0 fully saturated rings. The van der Waals surface area contributed by atoms with Gasteiger partial charge in [-0.25, -0.2) is 4.79 Å². The smallest absolute Gasteiger partial charge is 0.343 e. The number of benzene rings is 1. The van der Waals surface area contributed by atoms with Gasteiger partial charge in [0, 0.05) is 9.13 Å². The van der Waals surface area contributed by atoms with E-state index in [4.69, 9.17) is 4.74 Å². The molecule has 0 aliphatic carbocycles. The summed E-state index contributed by atoms with van der Waals surface area (Å²) >= 11 is 2.13. The fourth-order valence-electron chi connectivity index (χ4n) is 1.63. The van der Waals surface area contributed by atoms with Gasteiger partial charge in [0.25, 0.3) is 0 Å². The second-order valence-corrected chi connectivity index (χ2v) is 5.27. The van der Waals surface area contributed by atoms with Crippen molar-refractivity contribution < 1.29 is 14.6 Å². The second-order valence-electron chi connectivity index (χ2n) is 4.10. The van der Waals surface area contributed by atoms with E-state index >= 15 is 0 Å². The van der Waals surface area contributed by atoms with E-state index in [-0.39, 0.29) is 11.3 Å². The van der Waals surface area contributed by atoms with Crippen molar-refractivity contribution in [1.82, 2.24) is 0 Å². The zero-order chi connectivity index (χ0) is 11.9. The van der Waals surface area contributed by atoms with Gasteiger partial charge in [0.2, 0.25) is 0 Å². The highest BCUT2D eigenvalue weighted by Crippen LogP contribution is 2.37. The minimum Gasteiger partial charge on any atom is -0.507 e. The maximum Gasteiger partial charge on any atom is 0.343 e. The molecule has 4 heteroatoms. The van der Waals surface area contributed by atoms with Gasteiger partial charge in [-0.15, -0.1) is 0 Å². The molecule has 0 radical (unpaired) electrons. The predicted octanol–water partition coefficient (Wildman–Crippen LogP) is 2.90. The second kappa shape index (κ2) is 3.76. The van der Waals surface area contributed by atoms with Crippen LogP contribution in [0.25, 0.3) is 5.57 Å². The van der Waals surface area contributed by atoms with E-state index in [9.17, 15) is 9.90 Å². The van der Waals surface area contributed by atoms with Gasteiger partial charge in [-0.2, -0.15) is 0 Å². The molecule has 1 aromatic carbocycles. The van der Waals surface area contributed by atoms with Crippen LogP contribution < -0.4 is 0 Å². The first-order valence-corrected chi connectivity index (χ1v) is 5.93. The van der Waals surface area contributed by atoms with Crippen molar-refractivity contribution in [1.29, 1.82) is 0 Å². The van der Waals surface area contributed by atoms with Crippen LogP contribution in [-0.4, -0.2) is 16.7 Å². The van der Waals surface area contributed by atoms with Gasteiger partial charge in [-0.05, 0) is 42.5 Å². The molecule has 0 atom stereocenters. The summed E-state index contributed by atoms with van der Waals surface area (Å²) in [6.07, 6.45) is 0. The van der Waals surface area contributed by atoms with Crippen molar-refractivity contribution in [3.63, 3.8) is 0 Å². The number of aliphatic hydroxyl groups is 1. The predicted molar refractivity (Wildman–Crippen MR) is 68.9 cm³/mol. The Hall–Kier alpha value is -1.04. The molecular weight excluding hydrogens is 319 g/mol. The Morgan fingerprint density at radius 3 is 2.44 bits per heavy atom. The van der Waals surface area contributed by atoms with Crippen LogP contribution in [0.1, 0.15) is 19.4 Å². The zero-order valence-electron chi connectivity index (χ0n) is 8.95. The van der Waals surface area contributed by atoms with E-state index in [1.54, 1.807) is 19.9 Å². The molecule has 1 aromatic rings. The maximum absolute atomic E-state index is 11.7. The Bertz CT molecular complexity index is 489. The number of aliphatic hydroxyl groups excluding tert-OH is 1. The summed E-state index contributed by atoms with van der Waals surface area (Å²) in [4.78, 5) is 11.7. The Kier molecular flexibility index (Phi) is 2.69. The van der Waals surface area contributed by atoms with Crippen molar-refractivity contribution in [3.8, 4) is 0 Å². The molecule has 0 bridgehead atoms. The average molecular weight is 330 g/mol. The summed E-state index contributed by atoms with van der Waals surface area (Å²) in [6.45, 7) is 3.34. The van der Waals surface area contributed by atoms with Gasteiger partial charge < -0.3 is 9.84 Å². The van der Waals surface area contributed by atoms with Crippen LogP contribution in [0.3, 0.4) is 0 Å². The molecule has 3 nitrogen and oxygen atoms in total. The van der Waals surface area contributed by atoms with Crippen LogP contribution in [0.4, 0.5) is 0 Å². The number of ether oxygens (including phenoxy) is 1. The van der Waals surface area contributed by atoms with Crippen LogP contribution in [0.15, 0.2) is 30.0 Å². The van der Waals surface area contributed by atoms with E-state index in [1.807, 2.05) is 18.2 Å². The first-order chi connectivity index (χ1) is 7.43. The molecular formula is C12H11IO3. The number of carbonyl (C=O) groups excluding carboxylic acids is 1. The molecule has 0 saturated carbocycles. The van der Waals surface area contributed by atoms with Gasteiger partial charge in [-0.1, -0.05) is 18.2 Å². The molecule has 1 N–H and O–H groups in total. The van der Waals surface area contributed by atoms with E-state index in [2.05, 4.69) is 22.6 Å². The number of esters is 1. The number of halogens is 1. The van der Waals surface area contributed by atoms with Crippen LogP contribution in [0.5, 0.6) is 0 Å². The van der Waals surface area contributed by atoms with Crippen LogP contribution in [0, 0.1) is 3.57 Å². The first-order valence-electron chi connectivity index (χ1n) is 4.85. The Balaban J connectivity index is 2.61. The van der Waals surface area contributed by atoms with E-state index in [0.29, 0.717) is 0 Å². The topological polar surface area (TPSA) is 46.5 Å². The molecule has 16 heavy (non-hydrogen) atoms. The van der Waals surface area contributed by atoms with Crippen molar-refractivity contribution in [2.45, 2.75) is 19.4 Å². The minimum atomic E-state index is -0.925. The maximum atomic E-state index is 11.7. The third-order valence-corrected chi connectivity index (χ3v) is 3.44. The lowest BCUT2D eigenvalue weighted by molar-refractivity contribution is -0.143. The molecule has 0 aromatic heterocycles. The summed E-state index contributed by atoms with van der Waals surface area (Å²) in [5, 5.41) is 10.00. The van der Waals surface area contributed by atoms with Crippen LogP contribution in [0.2, 0.25) is 0 Å². The van der Waals surface area contributed by atoms with Crippen LogP contribution >= 0.6 is 22.6 Å². The van der Waals surface area contributed by atoms with Gasteiger partial charge in [0.05, 0.1) is 0 Å². The van der Waals surface area contributed by atoms with Gasteiger partial charge in [0.15, 0.2) is 11.4 Å². The van der Waals surface area contributed by atoms with Crippen molar-refractivity contribution in [2.75, 3.05) is 0 Å². The molecule has 0 amide bonds. The van der Waals surface area contributed by atoms with Gasteiger partial charge in [-0.3, -0.25) is 0 Å². The fraction of sp³-hybridized carbons (Fsp3) is 0.250. The molecule has 1 aliphatic rings. The SMILES string of the molecule is CC1(C)OC(=O)C(c2ccccc2I)=C1O. The largest absolute Gasteiger partial charge is 0.507 e. The quantitative estimate of drug-likeness (QED) is 0.636. The van der Waals surface area contributed by atoms with Gasteiger partial charge >= 0.3 is 5.97 Å². The van der Waals surface area contributed by atoms with E-state index in [0.717, 1.165) is 9.13 Å². The van der Waals surface area contributed by atoms with Crippen molar-refractivity contribution in [3.05, 3.63) is 39.2 Å². The molecule has 1 aliphatic heterocycles. The van der Waals surface area contributed by atoms with E-state index < -0.39 is 11.6 Å². The molecule has 0 spiro atoms. The molecule has 2 rings (SSSR count). The first kappa shape index (κ1) is 11.4. The Labute approximate surface area is 107 Å². The standard InChI is InChI=1S/C12H11IO3/c1-12(2)10(14)9(11(15)16-12)7-5-3-4-6-8(7)13/h3-6,14H,1-2H3. The summed E-state index contributed by atoms with van der Waals surface area (Å²) in [6, 6.07) is 7.40. The normalized spacial score (nSPS) is 18.8. The van der Waals surface area contributed by atoms with Crippen molar-refractivity contribution in [2.24, 2.45) is 0 Å². The number of carbonyl (C=O) groups is 1. The fourth-order valence-corrected chi connectivity index (χ4v) is 2.29. The summed E-state index contributed by atoms with van der Waals surface area (Å²) < 4.78 is 6.03. The van der Waals surface area contributed by atoms with Gasteiger partial charge in [0.1, 0.15) is 5.57 Å². The lowest BCUT2D eigenvalue weighted by Gasteiger charge is -2.16. The number of hydrogen-bond acceptors (Lipinski definition) is 3. The summed E-state index contributed by atoms with van der Waals surface area (Å²) in [5.74, 6) is -0.465. The monoisotopic (exact) mass is 330 g/mol. The highest BCUT2D eigenvalue weighted by Gasteiger charge is 2.41. The lowest BCUT2D eigenvalue weighted by Crippen LogP contribution is -2.22. The zero-order valence-corrected chi connectivity index (χ0v) is 11.1. The highest BCUT2D eigenvalue weighted by molar-refractivity contribution is 14.1. The summed E-state index contributed by atoms with van der Waals surface area (Å²) in [5.41, 5.74) is 0.0666. The Morgan fingerprint density at radius 2 is 1.94 bits per heavy atom. The molecule has 0 saturated heterocycles.